The minimum Gasteiger partial charge on any atom is -0.465 e. The topological polar surface area (TPSA) is 73.9 Å². The number of nitrogens with one attached hydrogen (secondary N) is 1. The highest BCUT2D eigenvalue weighted by molar-refractivity contribution is 7.52. The SMILES string of the molecule is CCOC(=O)[C@H](C)N[P@@](=O)(Oc1ccc(C)cc1)Oc1cccc2ccccc12. The molecule has 0 saturated carbocycles. The summed E-state index contributed by atoms with van der Waals surface area (Å²) in [6.45, 7) is 5.42. The molecule has 0 radical (unpaired) electrons. The quantitative estimate of drug-likeness (QED) is 0.401. The average molecular weight is 413 g/mol. The summed E-state index contributed by atoms with van der Waals surface area (Å²) in [5.41, 5.74) is 1.04. The smallest absolute Gasteiger partial charge is 0.465 e. The van der Waals surface area contributed by atoms with E-state index in [1.807, 2.05) is 55.5 Å². The Morgan fingerprint density at radius 1 is 1.00 bits per heavy atom. The molecule has 3 aromatic rings. The molecule has 29 heavy (non-hydrogen) atoms. The Morgan fingerprint density at radius 2 is 1.69 bits per heavy atom. The van der Waals surface area contributed by atoms with Crippen molar-refractivity contribution in [3.05, 3.63) is 72.3 Å². The van der Waals surface area contributed by atoms with Gasteiger partial charge >= 0.3 is 13.7 Å². The van der Waals surface area contributed by atoms with E-state index in [0.717, 1.165) is 16.3 Å². The van der Waals surface area contributed by atoms with Crippen LogP contribution < -0.4 is 14.1 Å². The maximum Gasteiger partial charge on any atom is 0.513 e. The van der Waals surface area contributed by atoms with Gasteiger partial charge in [-0.25, -0.2) is 4.57 Å². The van der Waals surface area contributed by atoms with Crippen molar-refractivity contribution in [2.24, 2.45) is 0 Å². The summed E-state index contributed by atoms with van der Waals surface area (Å²) in [5.74, 6) is 0.214. The first-order valence-electron chi connectivity index (χ1n) is 9.38. The van der Waals surface area contributed by atoms with E-state index in [2.05, 4.69) is 5.09 Å². The molecule has 0 fully saturated rings. The van der Waals surface area contributed by atoms with Crippen molar-refractivity contribution in [2.45, 2.75) is 26.8 Å². The van der Waals surface area contributed by atoms with Gasteiger partial charge < -0.3 is 13.8 Å². The monoisotopic (exact) mass is 413 g/mol. The van der Waals surface area contributed by atoms with Crippen LogP contribution in [0.25, 0.3) is 10.8 Å². The van der Waals surface area contributed by atoms with E-state index in [0.29, 0.717) is 11.5 Å². The lowest BCUT2D eigenvalue weighted by Crippen LogP contribution is -2.35. The van der Waals surface area contributed by atoms with Crippen LogP contribution in [-0.4, -0.2) is 18.6 Å². The second-order valence-electron chi connectivity index (χ2n) is 6.57. The fourth-order valence-corrected chi connectivity index (χ4v) is 4.31. The summed E-state index contributed by atoms with van der Waals surface area (Å²) < 4.78 is 30.2. The van der Waals surface area contributed by atoms with Gasteiger partial charge in [0.15, 0.2) is 0 Å². The average Bonchev–Trinajstić information content (AvgIpc) is 2.70. The summed E-state index contributed by atoms with van der Waals surface area (Å²) in [6.07, 6.45) is 0. The van der Waals surface area contributed by atoms with Crippen LogP contribution >= 0.6 is 7.75 Å². The lowest BCUT2D eigenvalue weighted by atomic mass is 10.1. The van der Waals surface area contributed by atoms with Gasteiger partial charge in [-0.3, -0.25) is 4.79 Å². The largest absolute Gasteiger partial charge is 0.513 e. The fourth-order valence-electron chi connectivity index (χ4n) is 2.77. The Kier molecular flexibility index (Phi) is 6.57. The number of carbonyl (C=O) groups excluding carboxylic acids is 1. The maximum absolute atomic E-state index is 13.6. The Hall–Kier alpha value is -2.82. The number of fused-ring (bicyclic) bond motifs is 1. The third-order valence-electron chi connectivity index (χ3n) is 4.21. The summed E-state index contributed by atoms with van der Waals surface area (Å²) in [7, 11) is -3.97. The molecule has 0 saturated heterocycles. The van der Waals surface area contributed by atoms with Crippen LogP contribution in [0.2, 0.25) is 0 Å². The third kappa shape index (κ3) is 5.37. The van der Waals surface area contributed by atoms with Crippen LogP contribution in [0.3, 0.4) is 0 Å². The number of esters is 1. The molecule has 0 aromatic heterocycles. The van der Waals surface area contributed by atoms with Gasteiger partial charge in [0.2, 0.25) is 0 Å². The number of aryl methyl sites for hydroxylation is 1. The van der Waals surface area contributed by atoms with E-state index in [1.165, 1.54) is 0 Å². The zero-order valence-corrected chi connectivity index (χ0v) is 17.5. The van der Waals surface area contributed by atoms with Crippen molar-refractivity contribution in [3.63, 3.8) is 0 Å². The molecular weight excluding hydrogens is 389 g/mol. The zero-order chi connectivity index (χ0) is 20.9. The van der Waals surface area contributed by atoms with E-state index < -0.39 is 19.8 Å². The minimum absolute atomic E-state index is 0.220. The van der Waals surface area contributed by atoms with Gasteiger partial charge in [0.1, 0.15) is 17.5 Å². The molecule has 0 bridgehead atoms. The standard InChI is InChI=1S/C22H24NO5P/c1-4-26-22(24)17(3)23-29(25,27-19-14-12-16(2)13-15-19)28-21-11-7-9-18-8-5-6-10-20(18)21/h5-15,17H,4H2,1-3H3,(H,23,25)/t17-,29+/m0/s1. The Morgan fingerprint density at radius 3 is 2.41 bits per heavy atom. The Balaban J connectivity index is 1.93. The van der Waals surface area contributed by atoms with Gasteiger partial charge in [0.05, 0.1) is 6.61 Å². The minimum atomic E-state index is -3.97. The third-order valence-corrected chi connectivity index (χ3v) is 5.80. The number of rotatable bonds is 8. The highest BCUT2D eigenvalue weighted by atomic mass is 31.2. The number of hydrogen-bond donors (Lipinski definition) is 1. The number of benzene rings is 3. The fraction of sp³-hybridized carbons (Fsp3) is 0.227. The molecule has 0 heterocycles. The molecule has 3 aromatic carbocycles. The molecule has 0 amide bonds. The Labute approximate surface area is 170 Å². The summed E-state index contributed by atoms with van der Waals surface area (Å²) in [4.78, 5) is 12.1. The van der Waals surface area contributed by atoms with Crippen molar-refractivity contribution in [1.82, 2.24) is 5.09 Å². The maximum atomic E-state index is 13.6. The van der Waals surface area contributed by atoms with Gasteiger partial charge in [-0.2, -0.15) is 5.09 Å². The molecule has 0 aliphatic heterocycles. The van der Waals surface area contributed by atoms with Crippen molar-refractivity contribution >= 4 is 24.5 Å². The lowest BCUT2D eigenvalue weighted by Gasteiger charge is -2.23. The van der Waals surface area contributed by atoms with Crippen LogP contribution in [0.15, 0.2) is 66.7 Å². The van der Waals surface area contributed by atoms with Crippen molar-refractivity contribution in [1.29, 1.82) is 0 Å². The molecule has 0 unspecified atom stereocenters. The molecule has 3 rings (SSSR count). The molecule has 1 N–H and O–H groups in total. The van der Waals surface area contributed by atoms with E-state index in [1.54, 1.807) is 32.0 Å². The highest BCUT2D eigenvalue weighted by Crippen LogP contribution is 2.47. The van der Waals surface area contributed by atoms with E-state index in [4.69, 9.17) is 13.8 Å². The molecule has 0 aliphatic rings. The van der Waals surface area contributed by atoms with Crippen LogP contribution in [0.5, 0.6) is 11.5 Å². The number of carbonyl (C=O) groups is 1. The molecule has 6 nitrogen and oxygen atoms in total. The summed E-state index contributed by atoms with van der Waals surface area (Å²) in [6, 6.07) is 19.2. The predicted octanol–water partition coefficient (Wildman–Crippen LogP) is 5.26. The van der Waals surface area contributed by atoms with Crippen LogP contribution in [0, 0.1) is 6.92 Å². The second-order valence-corrected chi connectivity index (χ2v) is 8.19. The lowest BCUT2D eigenvalue weighted by molar-refractivity contribution is -0.144. The predicted molar refractivity (Wildman–Crippen MR) is 113 cm³/mol. The molecule has 2 atom stereocenters. The van der Waals surface area contributed by atoms with Crippen LogP contribution in [0.1, 0.15) is 19.4 Å². The van der Waals surface area contributed by atoms with Crippen LogP contribution in [0.4, 0.5) is 0 Å². The molecular formula is C22H24NO5P. The van der Waals surface area contributed by atoms with Gasteiger partial charge in [-0.15, -0.1) is 0 Å². The van der Waals surface area contributed by atoms with Gasteiger partial charge in [0.25, 0.3) is 0 Å². The van der Waals surface area contributed by atoms with Gasteiger partial charge in [-0.05, 0) is 44.4 Å². The molecule has 152 valence electrons. The second kappa shape index (κ2) is 9.12. The molecule has 0 aliphatic carbocycles. The van der Waals surface area contributed by atoms with Gasteiger partial charge in [0, 0.05) is 5.39 Å². The number of ether oxygens (including phenoxy) is 1. The zero-order valence-electron chi connectivity index (χ0n) is 16.6. The molecule has 7 heteroatoms. The first kappa shape index (κ1) is 20.9. The normalized spacial score (nSPS) is 14.0. The van der Waals surface area contributed by atoms with Crippen LogP contribution in [-0.2, 0) is 14.1 Å². The Bertz CT molecular complexity index is 1030. The van der Waals surface area contributed by atoms with Crippen molar-refractivity contribution in [2.75, 3.05) is 6.61 Å². The first-order chi connectivity index (χ1) is 13.9. The van der Waals surface area contributed by atoms with Crippen molar-refractivity contribution < 1.29 is 23.1 Å². The molecule has 0 spiro atoms. The summed E-state index contributed by atoms with van der Waals surface area (Å²) in [5, 5.41) is 4.41. The summed E-state index contributed by atoms with van der Waals surface area (Å²) >= 11 is 0. The highest BCUT2D eigenvalue weighted by Gasteiger charge is 2.34. The van der Waals surface area contributed by atoms with Gasteiger partial charge in [-0.1, -0.05) is 54.1 Å². The van der Waals surface area contributed by atoms with E-state index >= 15 is 0 Å². The van der Waals surface area contributed by atoms with Crippen molar-refractivity contribution in [3.8, 4) is 11.5 Å². The number of hydrogen-bond acceptors (Lipinski definition) is 5. The van der Waals surface area contributed by atoms with E-state index in [9.17, 15) is 9.36 Å². The van der Waals surface area contributed by atoms with E-state index in [-0.39, 0.29) is 6.61 Å². The first-order valence-corrected chi connectivity index (χ1v) is 10.9.